The van der Waals surface area contributed by atoms with Crippen LogP contribution in [0.25, 0.3) is 0 Å². The minimum Gasteiger partial charge on any atom is -0.491 e. The van der Waals surface area contributed by atoms with E-state index in [1.807, 2.05) is 24.3 Å². The van der Waals surface area contributed by atoms with Gasteiger partial charge in [-0.2, -0.15) is 0 Å². The summed E-state index contributed by atoms with van der Waals surface area (Å²) in [7, 11) is 1.62. The van der Waals surface area contributed by atoms with E-state index in [2.05, 4.69) is 5.32 Å². The number of carbonyl (C=O) groups is 1. The molecular formula is C22H24FNO4. The lowest BCUT2D eigenvalue weighted by molar-refractivity contribution is -0.136. The zero-order chi connectivity index (χ0) is 19.5. The maximum atomic E-state index is 13.3. The lowest BCUT2D eigenvalue weighted by atomic mass is 9.98. The third kappa shape index (κ3) is 4.18. The molecule has 0 bridgehead atoms. The molecule has 28 heavy (non-hydrogen) atoms. The summed E-state index contributed by atoms with van der Waals surface area (Å²) in [6.45, 7) is 0.827. The number of carbonyl (C=O) groups excluding carboxylic acids is 1. The number of ether oxygens (including phenoxy) is 3. The van der Waals surface area contributed by atoms with Crippen molar-refractivity contribution in [1.82, 2.24) is 5.32 Å². The molecule has 1 aliphatic carbocycles. The molecule has 1 saturated carbocycles. The van der Waals surface area contributed by atoms with Gasteiger partial charge in [-0.1, -0.05) is 30.3 Å². The maximum Gasteiger partial charge on any atom is 0.254 e. The highest BCUT2D eigenvalue weighted by molar-refractivity contribution is 5.82. The van der Waals surface area contributed by atoms with Gasteiger partial charge in [-0.25, -0.2) is 4.39 Å². The number of fused-ring (bicyclic) bond motifs is 1. The summed E-state index contributed by atoms with van der Waals surface area (Å²) in [5.41, 5.74) is 1.53. The van der Waals surface area contributed by atoms with Crippen LogP contribution < -0.4 is 10.1 Å². The van der Waals surface area contributed by atoms with Crippen molar-refractivity contribution in [3.8, 4) is 5.75 Å². The largest absolute Gasteiger partial charge is 0.491 e. The zero-order valence-electron chi connectivity index (χ0n) is 15.8. The molecule has 3 atom stereocenters. The van der Waals surface area contributed by atoms with Crippen molar-refractivity contribution in [3.05, 3.63) is 65.5 Å². The Labute approximate surface area is 163 Å². The van der Waals surface area contributed by atoms with E-state index in [0.717, 1.165) is 24.2 Å². The predicted octanol–water partition coefficient (Wildman–Crippen LogP) is 3.56. The Morgan fingerprint density at radius 1 is 1.21 bits per heavy atom. The first kappa shape index (κ1) is 18.9. The molecule has 0 spiro atoms. The predicted molar refractivity (Wildman–Crippen MR) is 101 cm³/mol. The molecule has 1 amide bonds. The van der Waals surface area contributed by atoms with Gasteiger partial charge in [-0.15, -0.1) is 0 Å². The summed E-state index contributed by atoms with van der Waals surface area (Å²) in [4.78, 5) is 13.1. The molecule has 0 radical (unpaired) electrons. The number of methoxy groups -OCH3 is 1. The van der Waals surface area contributed by atoms with Gasteiger partial charge in [0.25, 0.3) is 5.91 Å². The highest BCUT2D eigenvalue weighted by Crippen LogP contribution is 2.35. The van der Waals surface area contributed by atoms with Crippen LogP contribution in [0.2, 0.25) is 0 Å². The number of para-hydroxylation sites is 1. The molecule has 148 valence electrons. The summed E-state index contributed by atoms with van der Waals surface area (Å²) in [6, 6.07) is 13.2. The molecule has 1 heterocycles. The fraction of sp³-hybridized carbons (Fsp3) is 0.409. The number of rotatable bonds is 7. The molecule has 4 rings (SSSR count). The Balaban J connectivity index is 1.50. The van der Waals surface area contributed by atoms with Crippen molar-refractivity contribution in [2.75, 3.05) is 20.3 Å². The fourth-order valence-electron chi connectivity index (χ4n) is 3.48. The van der Waals surface area contributed by atoms with Crippen LogP contribution in [0.15, 0.2) is 48.5 Å². The minimum absolute atomic E-state index is 0.276. The highest BCUT2D eigenvalue weighted by atomic mass is 19.1. The van der Waals surface area contributed by atoms with Crippen molar-refractivity contribution in [2.45, 2.75) is 31.1 Å². The van der Waals surface area contributed by atoms with Gasteiger partial charge >= 0.3 is 0 Å². The molecule has 2 aromatic carbocycles. The van der Waals surface area contributed by atoms with Crippen LogP contribution in [-0.4, -0.2) is 32.3 Å². The number of nitrogens with one attached hydrogen (secondary N) is 1. The smallest absolute Gasteiger partial charge is 0.254 e. The maximum absolute atomic E-state index is 13.3. The second kappa shape index (κ2) is 8.29. The van der Waals surface area contributed by atoms with Crippen molar-refractivity contribution in [3.63, 3.8) is 0 Å². The van der Waals surface area contributed by atoms with E-state index in [-0.39, 0.29) is 23.9 Å². The van der Waals surface area contributed by atoms with Gasteiger partial charge in [-0.3, -0.25) is 4.79 Å². The monoisotopic (exact) mass is 385 g/mol. The Morgan fingerprint density at radius 3 is 2.68 bits per heavy atom. The molecule has 6 heteroatoms. The molecule has 0 aromatic heterocycles. The van der Waals surface area contributed by atoms with E-state index in [1.165, 1.54) is 12.1 Å². The van der Waals surface area contributed by atoms with Crippen LogP contribution in [0.5, 0.6) is 5.75 Å². The SMILES string of the molecule is CO[C@@H]1c2ccccc2OC[C@H]1NC(=O)C(OCC1CC1)c1ccc(F)cc1. The summed E-state index contributed by atoms with van der Waals surface area (Å²) < 4.78 is 30.7. The molecule has 0 saturated heterocycles. The number of halogens is 1. The number of benzene rings is 2. The van der Waals surface area contributed by atoms with Crippen molar-refractivity contribution in [2.24, 2.45) is 5.92 Å². The van der Waals surface area contributed by atoms with E-state index in [4.69, 9.17) is 14.2 Å². The van der Waals surface area contributed by atoms with Crippen LogP contribution in [0.3, 0.4) is 0 Å². The second-order valence-corrected chi connectivity index (χ2v) is 7.33. The van der Waals surface area contributed by atoms with Gasteiger partial charge in [0.05, 0.1) is 12.6 Å². The van der Waals surface area contributed by atoms with Crippen LogP contribution in [0.1, 0.15) is 36.2 Å². The Morgan fingerprint density at radius 2 is 1.96 bits per heavy atom. The molecule has 1 fully saturated rings. The topological polar surface area (TPSA) is 56.8 Å². The van der Waals surface area contributed by atoms with Gasteiger partial charge in [0.2, 0.25) is 0 Å². The second-order valence-electron chi connectivity index (χ2n) is 7.33. The highest BCUT2D eigenvalue weighted by Gasteiger charge is 2.35. The normalized spacial score (nSPS) is 22.1. The van der Waals surface area contributed by atoms with Gasteiger partial charge in [-0.05, 0) is 42.5 Å². The average Bonchev–Trinajstić information content (AvgIpc) is 3.54. The van der Waals surface area contributed by atoms with Crippen LogP contribution in [0, 0.1) is 11.7 Å². The number of hydrogen-bond acceptors (Lipinski definition) is 4. The van der Waals surface area contributed by atoms with Crippen LogP contribution >= 0.6 is 0 Å². The Kier molecular flexibility index (Phi) is 5.59. The minimum atomic E-state index is -0.795. The average molecular weight is 385 g/mol. The van der Waals surface area contributed by atoms with Crippen molar-refractivity contribution in [1.29, 1.82) is 0 Å². The summed E-state index contributed by atoms with van der Waals surface area (Å²) in [6.07, 6.45) is 1.13. The van der Waals surface area contributed by atoms with Gasteiger partial charge in [0.15, 0.2) is 6.10 Å². The van der Waals surface area contributed by atoms with E-state index < -0.39 is 6.10 Å². The quantitative estimate of drug-likeness (QED) is 0.792. The first-order valence-electron chi connectivity index (χ1n) is 9.57. The Bertz CT molecular complexity index is 822. The third-order valence-electron chi connectivity index (χ3n) is 5.20. The lowest BCUT2D eigenvalue weighted by Gasteiger charge is -2.34. The van der Waals surface area contributed by atoms with E-state index in [0.29, 0.717) is 24.7 Å². The summed E-state index contributed by atoms with van der Waals surface area (Å²) in [5, 5.41) is 3.01. The van der Waals surface area contributed by atoms with Crippen LogP contribution in [0.4, 0.5) is 4.39 Å². The zero-order valence-corrected chi connectivity index (χ0v) is 15.8. The summed E-state index contributed by atoms with van der Waals surface area (Å²) >= 11 is 0. The first-order valence-corrected chi connectivity index (χ1v) is 9.57. The van der Waals surface area contributed by atoms with Crippen LogP contribution in [-0.2, 0) is 14.3 Å². The molecule has 5 nitrogen and oxygen atoms in total. The third-order valence-corrected chi connectivity index (χ3v) is 5.20. The van der Waals surface area contributed by atoms with Crippen molar-refractivity contribution >= 4 is 5.91 Å². The van der Waals surface area contributed by atoms with Crippen molar-refractivity contribution < 1.29 is 23.4 Å². The standard InChI is InChI=1S/C22H24FNO4/c1-26-21-17-4-2-3-5-19(17)27-13-18(21)24-22(25)20(28-12-14-6-7-14)15-8-10-16(23)11-9-15/h2-5,8-11,14,18,20-21H,6-7,12-13H2,1H3,(H,24,25)/t18-,20?,21-/m1/s1. The fourth-order valence-corrected chi connectivity index (χ4v) is 3.48. The number of amides is 1. The Hall–Kier alpha value is -2.44. The van der Waals surface area contributed by atoms with E-state index in [9.17, 15) is 9.18 Å². The molecule has 2 aromatic rings. The summed E-state index contributed by atoms with van der Waals surface area (Å²) in [5.74, 6) is 0.649. The lowest BCUT2D eigenvalue weighted by Crippen LogP contribution is -2.48. The van der Waals surface area contributed by atoms with Gasteiger partial charge in [0, 0.05) is 12.7 Å². The van der Waals surface area contributed by atoms with Gasteiger partial charge in [0.1, 0.15) is 24.3 Å². The van der Waals surface area contributed by atoms with E-state index in [1.54, 1.807) is 19.2 Å². The first-order chi connectivity index (χ1) is 13.7. The molecule has 1 N–H and O–H groups in total. The van der Waals surface area contributed by atoms with Gasteiger partial charge < -0.3 is 19.5 Å². The molecular weight excluding hydrogens is 361 g/mol. The number of hydrogen-bond donors (Lipinski definition) is 1. The molecule has 1 aliphatic heterocycles. The van der Waals surface area contributed by atoms with E-state index >= 15 is 0 Å². The molecule has 2 aliphatic rings. The molecule has 1 unspecified atom stereocenters.